The van der Waals surface area contributed by atoms with Gasteiger partial charge >= 0.3 is 0 Å². The minimum Gasteiger partial charge on any atom is -0.488 e. The summed E-state index contributed by atoms with van der Waals surface area (Å²) in [5.41, 5.74) is 3.58. The number of hydrogen-bond acceptors (Lipinski definition) is 6. The molecule has 0 saturated carbocycles. The average Bonchev–Trinajstić information content (AvgIpc) is 3.42. The highest BCUT2D eigenvalue weighted by molar-refractivity contribution is 5.95. The molecule has 1 N–H and O–H groups in total. The number of amides is 1. The smallest absolute Gasteiger partial charge is 0.226 e. The van der Waals surface area contributed by atoms with Crippen molar-refractivity contribution in [2.24, 2.45) is 0 Å². The highest BCUT2D eigenvalue weighted by Crippen LogP contribution is 2.43. The molecule has 1 amide bonds. The zero-order chi connectivity index (χ0) is 24.8. The first-order chi connectivity index (χ1) is 17.5. The number of benzene rings is 2. The van der Waals surface area contributed by atoms with Crippen LogP contribution in [0.3, 0.4) is 0 Å². The average molecular weight is 484 g/mol. The predicted octanol–water partition coefficient (Wildman–Crippen LogP) is 4.12. The number of aryl methyl sites for hydroxylation is 2. The number of rotatable bonds is 5. The summed E-state index contributed by atoms with van der Waals surface area (Å²) in [7, 11) is 0. The first-order valence-corrected chi connectivity index (χ1v) is 11.5. The van der Waals surface area contributed by atoms with Gasteiger partial charge in [0, 0.05) is 29.0 Å². The van der Waals surface area contributed by atoms with Crippen LogP contribution in [0.15, 0.2) is 60.7 Å². The number of aromatic nitrogens is 6. The number of anilines is 1. The Morgan fingerprint density at radius 3 is 2.69 bits per heavy atom. The summed E-state index contributed by atoms with van der Waals surface area (Å²) < 4.78 is 23.5. The maximum atomic E-state index is 14.2. The van der Waals surface area contributed by atoms with Crippen LogP contribution in [0.4, 0.5) is 10.2 Å². The predicted molar refractivity (Wildman–Crippen MR) is 130 cm³/mol. The molecule has 1 aliphatic rings. The number of nitrogens with zero attached hydrogens (tertiary/aromatic N) is 6. The first-order valence-electron chi connectivity index (χ1n) is 11.5. The van der Waals surface area contributed by atoms with Crippen molar-refractivity contribution in [3.8, 4) is 11.6 Å². The van der Waals surface area contributed by atoms with Gasteiger partial charge in [-0.05, 0) is 38.1 Å². The van der Waals surface area contributed by atoms with Gasteiger partial charge in [-0.3, -0.25) is 4.79 Å². The van der Waals surface area contributed by atoms with Gasteiger partial charge in [-0.15, -0.1) is 15.3 Å². The molecule has 0 spiro atoms. The molecule has 1 atom stereocenters. The van der Waals surface area contributed by atoms with E-state index in [1.165, 1.54) is 6.07 Å². The van der Waals surface area contributed by atoms with E-state index in [2.05, 4.69) is 20.6 Å². The normalized spacial score (nSPS) is 15.1. The maximum Gasteiger partial charge on any atom is 0.226 e. The lowest BCUT2D eigenvalue weighted by Crippen LogP contribution is -2.25. The van der Waals surface area contributed by atoms with Gasteiger partial charge in [-0.2, -0.15) is 14.3 Å². The lowest BCUT2D eigenvalue weighted by molar-refractivity contribution is -0.116. The van der Waals surface area contributed by atoms with Crippen molar-refractivity contribution in [1.82, 2.24) is 29.6 Å². The van der Waals surface area contributed by atoms with E-state index in [0.717, 1.165) is 16.8 Å². The summed E-state index contributed by atoms with van der Waals surface area (Å²) in [6.07, 6.45) is 0.233. The Bertz CT molecular complexity index is 1620. The van der Waals surface area contributed by atoms with E-state index in [0.29, 0.717) is 34.4 Å². The third-order valence-corrected chi connectivity index (χ3v) is 6.36. The number of halogens is 1. The quantitative estimate of drug-likeness (QED) is 0.404. The number of ether oxygens (including phenoxy) is 1. The first kappa shape index (κ1) is 21.9. The lowest BCUT2D eigenvalue weighted by atomic mass is 9.85. The van der Waals surface area contributed by atoms with E-state index in [4.69, 9.17) is 9.84 Å². The Morgan fingerprint density at radius 2 is 1.83 bits per heavy atom. The Labute approximate surface area is 205 Å². The molecule has 0 fully saturated rings. The molecule has 2 aromatic carbocycles. The molecule has 36 heavy (non-hydrogen) atoms. The third kappa shape index (κ3) is 3.67. The van der Waals surface area contributed by atoms with Crippen molar-refractivity contribution < 1.29 is 13.9 Å². The Hall–Kier alpha value is -4.60. The minimum absolute atomic E-state index is 0.0793. The number of para-hydroxylation sites is 1. The maximum absolute atomic E-state index is 14.2. The summed E-state index contributed by atoms with van der Waals surface area (Å²) in [6.45, 7) is 3.80. The summed E-state index contributed by atoms with van der Waals surface area (Å²) >= 11 is 0. The van der Waals surface area contributed by atoms with Crippen LogP contribution in [0, 0.1) is 19.7 Å². The molecule has 9 nitrogen and oxygen atoms in total. The summed E-state index contributed by atoms with van der Waals surface area (Å²) in [5.74, 6) is 1.58. The van der Waals surface area contributed by atoms with Gasteiger partial charge in [0.15, 0.2) is 17.3 Å². The van der Waals surface area contributed by atoms with Crippen LogP contribution in [0.1, 0.15) is 40.5 Å². The van der Waals surface area contributed by atoms with Crippen LogP contribution >= 0.6 is 0 Å². The molecule has 0 saturated heterocycles. The number of carbonyl (C=O) groups is 1. The number of carbonyl (C=O) groups excluding carboxylic acids is 1. The second-order valence-corrected chi connectivity index (χ2v) is 8.69. The van der Waals surface area contributed by atoms with E-state index < -0.39 is 0 Å². The Balaban J connectivity index is 1.41. The van der Waals surface area contributed by atoms with Crippen molar-refractivity contribution in [3.63, 3.8) is 0 Å². The summed E-state index contributed by atoms with van der Waals surface area (Å²) in [6, 6.07) is 17.7. The number of nitrogens with one attached hydrogen (secondary N) is 1. The molecular weight excluding hydrogens is 461 g/mol. The monoisotopic (exact) mass is 483 g/mol. The van der Waals surface area contributed by atoms with Crippen molar-refractivity contribution >= 4 is 17.4 Å². The van der Waals surface area contributed by atoms with Crippen molar-refractivity contribution in [2.75, 3.05) is 5.32 Å². The topological polar surface area (TPSA) is 99.2 Å². The van der Waals surface area contributed by atoms with E-state index >= 15 is 0 Å². The SMILES string of the molecule is Cc1nn(-c2ccc3nnc(C)n3n2)c2c1[C@H](c1ccccc1OCc1ccccc1F)CC(=O)N2. The molecular formula is C26H22FN7O2. The van der Waals surface area contributed by atoms with Crippen LogP contribution in [0.5, 0.6) is 5.75 Å². The van der Waals surface area contributed by atoms with Gasteiger partial charge in [0.1, 0.15) is 24.0 Å². The Kier molecular flexibility index (Phi) is 5.21. The minimum atomic E-state index is -0.320. The molecule has 5 aromatic rings. The largest absolute Gasteiger partial charge is 0.488 e. The molecule has 0 radical (unpaired) electrons. The highest BCUT2D eigenvalue weighted by atomic mass is 19.1. The van der Waals surface area contributed by atoms with Gasteiger partial charge in [-0.25, -0.2) is 4.39 Å². The molecule has 0 unspecified atom stereocenters. The zero-order valence-corrected chi connectivity index (χ0v) is 19.6. The van der Waals surface area contributed by atoms with Crippen LogP contribution in [0.25, 0.3) is 11.5 Å². The molecule has 6 rings (SSSR count). The third-order valence-electron chi connectivity index (χ3n) is 6.36. The van der Waals surface area contributed by atoms with E-state index in [1.807, 2.05) is 38.1 Å². The van der Waals surface area contributed by atoms with Crippen molar-refractivity contribution in [2.45, 2.75) is 32.8 Å². The number of fused-ring (bicyclic) bond motifs is 2. The van der Waals surface area contributed by atoms with E-state index in [1.54, 1.807) is 39.5 Å². The second-order valence-electron chi connectivity index (χ2n) is 8.69. The molecule has 10 heteroatoms. The molecule has 1 aliphatic heterocycles. The van der Waals surface area contributed by atoms with Crippen molar-refractivity contribution in [1.29, 1.82) is 0 Å². The molecule has 0 aliphatic carbocycles. The van der Waals surface area contributed by atoms with Crippen LogP contribution < -0.4 is 10.1 Å². The number of hydrogen-bond donors (Lipinski definition) is 1. The fourth-order valence-corrected chi connectivity index (χ4v) is 4.65. The lowest BCUT2D eigenvalue weighted by Gasteiger charge is -2.26. The van der Waals surface area contributed by atoms with Gasteiger partial charge in [0.25, 0.3) is 0 Å². The van der Waals surface area contributed by atoms with Crippen LogP contribution in [-0.2, 0) is 11.4 Å². The van der Waals surface area contributed by atoms with E-state index in [-0.39, 0.29) is 30.7 Å². The summed E-state index contributed by atoms with van der Waals surface area (Å²) in [5, 5.41) is 20.5. The summed E-state index contributed by atoms with van der Waals surface area (Å²) in [4.78, 5) is 12.9. The van der Waals surface area contributed by atoms with E-state index in [9.17, 15) is 9.18 Å². The van der Waals surface area contributed by atoms with Gasteiger partial charge in [0.05, 0.1) is 5.69 Å². The zero-order valence-electron chi connectivity index (χ0n) is 19.6. The molecule has 180 valence electrons. The fourth-order valence-electron chi connectivity index (χ4n) is 4.65. The van der Waals surface area contributed by atoms with Gasteiger partial charge in [-0.1, -0.05) is 36.4 Å². The molecule has 4 heterocycles. The van der Waals surface area contributed by atoms with Crippen LogP contribution in [-0.4, -0.2) is 35.5 Å². The molecule has 3 aromatic heterocycles. The van der Waals surface area contributed by atoms with Crippen molar-refractivity contribution in [3.05, 3.63) is 94.7 Å². The van der Waals surface area contributed by atoms with Gasteiger partial charge < -0.3 is 10.1 Å². The highest BCUT2D eigenvalue weighted by Gasteiger charge is 2.34. The molecule has 0 bridgehead atoms. The van der Waals surface area contributed by atoms with Gasteiger partial charge in [0.2, 0.25) is 5.91 Å². The standard InChI is InChI=1S/C26H22FN7O2/c1-15-25-19(18-8-4-6-10-21(18)36-14-17-7-3-5-9-20(17)27)13-24(35)28-26(25)34(31-15)23-12-11-22-30-29-16(2)33(22)32-23/h3-12,19H,13-14H2,1-2H3,(H,28,35)/t19-/m0/s1. The second kappa shape index (κ2) is 8.56. The fraction of sp³-hybridized carbons (Fsp3) is 0.192. The van der Waals surface area contributed by atoms with Crippen LogP contribution in [0.2, 0.25) is 0 Å². The Morgan fingerprint density at radius 1 is 1.03 bits per heavy atom.